The number of nitrogens with zero attached hydrogens (tertiary/aromatic N) is 4. The van der Waals surface area contributed by atoms with Crippen LogP contribution in [0.4, 0.5) is 4.39 Å². The van der Waals surface area contributed by atoms with Crippen LogP contribution in [0.15, 0.2) is 30.6 Å². The first kappa shape index (κ1) is 15.3. The van der Waals surface area contributed by atoms with E-state index >= 15 is 0 Å². The quantitative estimate of drug-likeness (QED) is 0.781. The summed E-state index contributed by atoms with van der Waals surface area (Å²) in [6, 6.07) is 5.04. The number of aromatic amines is 1. The number of nitrogens with one attached hydrogen (secondary N) is 1. The lowest BCUT2D eigenvalue weighted by molar-refractivity contribution is 0.242. The van der Waals surface area contributed by atoms with E-state index in [9.17, 15) is 4.39 Å². The Morgan fingerprint density at radius 3 is 3.08 bits per heavy atom. The van der Waals surface area contributed by atoms with Gasteiger partial charge in [-0.05, 0) is 50.9 Å². The number of hydrogen-bond donors (Lipinski definition) is 1. The molecule has 1 fully saturated rings. The maximum Gasteiger partial charge on any atom is 0.125 e. The zero-order valence-corrected chi connectivity index (χ0v) is 13.9. The highest BCUT2D eigenvalue weighted by atomic mass is 19.1. The molecule has 4 rings (SSSR count). The fourth-order valence-electron chi connectivity index (χ4n) is 3.65. The number of aromatic nitrogens is 4. The number of halogens is 1. The van der Waals surface area contributed by atoms with Crippen molar-refractivity contribution >= 4 is 11.0 Å². The maximum atomic E-state index is 13.4. The zero-order chi connectivity index (χ0) is 16.5. The second-order valence-electron chi connectivity index (χ2n) is 6.50. The van der Waals surface area contributed by atoms with Crippen molar-refractivity contribution in [3.05, 3.63) is 48.1 Å². The molecule has 0 aliphatic carbocycles. The van der Waals surface area contributed by atoms with E-state index in [1.165, 1.54) is 18.6 Å². The van der Waals surface area contributed by atoms with E-state index in [-0.39, 0.29) is 5.82 Å². The molecule has 1 atom stereocenters. The van der Waals surface area contributed by atoms with Crippen molar-refractivity contribution in [2.24, 2.45) is 0 Å². The Hall–Kier alpha value is -2.21. The molecule has 0 spiro atoms. The van der Waals surface area contributed by atoms with Crippen LogP contribution in [-0.2, 0) is 6.54 Å². The van der Waals surface area contributed by atoms with Crippen LogP contribution >= 0.6 is 0 Å². The molecule has 2 aromatic heterocycles. The van der Waals surface area contributed by atoms with Gasteiger partial charge in [0.2, 0.25) is 0 Å². The fourth-order valence-corrected chi connectivity index (χ4v) is 3.65. The molecule has 1 aromatic carbocycles. The summed E-state index contributed by atoms with van der Waals surface area (Å²) in [6.07, 6.45) is 7.25. The lowest BCUT2D eigenvalue weighted by atomic mass is 10.2. The Kier molecular flexibility index (Phi) is 4.06. The minimum atomic E-state index is -0.225. The second-order valence-corrected chi connectivity index (χ2v) is 6.50. The molecule has 0 radical (unpaired) electrons. The van der Waals surface area contributed by atoms with Gasteiger partial charge in [0.25, 0.3) is 0 Å². The molecule has 1 saturated heterocycles. The van der Waals surface area contributed by atoms with Crippen LogP contribution in [0.2, 0.25) is 0 Å². The molecule has 0 bridgehead atoms. The molecule has 6 heteroatoms. The second kappa shape index (κ2) is 6.36. The smallest absolute Gasteiger partial charge is 0.125 e. The summed E-state index contributed by atoms with van der Waals surface area (Å²) in [5, 5.41) is 0. The first-order valence-corrected chi connectivity index (χ1v) is 8.57. The van der Waals surface area contributed by atoms with E-state index in [2.05, 4.69) is 24.4 Å². The molecule has 0 saturated carbocycles. The van der Waals surface area contributed by atoms with Crippen LogP contribution in [0, 0.1) is 12.7 Å². The summed E-state index contributed by atoms with van der Waals surface area (Å²) in [5.74, 6) is 1.80. The van der Waals surface area contributed by atoms with E-state index in [0.717, 1.165) is 55.2 Å². The molecule has 126 valence electrons. The lowest BCUT2D eigenvalue weighted by Crippen LogP contribution is -2.26. The molecule has 3 heterocycles. The van der Waals surface area contributed by atoms with Gasteiger partial charge in [0, 0.05) is 25.5 Å². The summed E-state index contributed by atoms with van der Waals surface area (Å²) in [4.78, 5) is 14.7. The average molecular weight is 327 g/mol. The Balaban J connectivity index is 1.44. The number of benzene rings is 1. The molecular formula is C18H22FN5. The van der Waals surface area contributed by atoms with Gasteiger partial charge in [-0.3, -0.25) is 4.90 Å². The monoisotopic (exact) mass is 327 g/mol. The number of H-pyrrole nitrogens is 1. The van der Waals surface area contributed by atoms with Gasteiger partial charge in [-0.2, -0.15) is 0 Å². The van der Waals surface area contributed by atoms with Gasteiger partial charge in [-0.1, -0.05) is 0 Å². The summed E-state index contributed by atoms with van der Waals surface area (Å²) < 4.78 is 15.6. The molecule has 24 heavy (non-hydrogen) atoms. The fraction of sp³-hybridized carbons (Fsp3) is 0.444. The van der Waals surface area contributed by atoms with Crippen LogP contribution in [0.3, 0.4) is 0 Å². The zero-order valence-electron chi connectivity index (χ0n) is 13.9. The summed E-state index contributed by atoms with van der Waals surface area (Å²) in [5.41, 5.74) is 1.62. The molecule has 1 aliphatic heterocycles. The maximum absolute atomic E-state index is 13.4. The minimum absolute atomic E-state index is 0.225. The van der Waals surface area contributed by atoms with Gasteiger partial charge < -0.3 is 9.55 Å². The van der Waals surface area contributed by atoms with Gasteiger partial charge in [-0.25, -0.2) is 14.4 Å². The Labute approximate surface area is 140 Å². The summed E-state index contributed by atoms with van der Waals surface area (Å²) in [7, 11) is 0. The number of imidazole rings is 2. The van der Waals surface area contributed by atoms with Crippen molar-refractivity contribution < 1.29 is 4.39 Å². The Bertz CT molecular complexity index is 837. The predicted molar refractivity (Wildman–Crippen MR) is 91.2 cm³/mol. The van der Waals surface area contributed by atoms with Crippen LogP contribution in [0.1, 0.15) is 37.0 Å². The molecular weight excluding hydrogens is 305 g/mol. The van der Waals surface area contributed by atoms with Gasteiger partial charge in [-0.15, -0.1) is 0 Å². The van der Waals surface area contributed by atoms with Gasteiger partial charge in [0.05, 0.1) is 17.1 Å². The van der Waals surface area contributed by atoms with Crippen molar-refractivity contribution in [1.29, 1.82) is 0 Å². The topological polar surface area (TPSA) is 49.7 Å². The van der Waals surface area contributed by atoms with Crippen molar-refractivity contribution in [3.63, 3.8) is 0 Å². The Morgan fingerprint density at radius 2 is 2.25 bits per heavy atom. The largest absolute Gasteiger partial charge is 0.341 e. The predicted octanol–water partition coefficient (Wildman–Crippen LogP) is 3.43. The van der Waals surface area contributed by atoms with E-state index in [1.807, 2.05) is 19.3 Å². The Morgan fingerprint density at radius 1 is 1.33 bits per heavy atom. The highest BCUT2D eigenvalue weighted by Gasteiger charge is 2.28. The molecule has 1 unspecified atom stereocenters. The third-order valence-corrected chi connectivity index (χ3v) is 4.91. The van der Waals surface area contributed by atoms with Gasteiger partial charge in [0.1, 0.15) is 17.5 Å². The van der Waals surface area contributed by atoms with Crippen molar-refractivity contribution in [1.82, 2.24) is 24.4 Å². The van der Waals surface area contributed by atoms with Crippen molar-refractivity contribution in [2.75, 3.05) is 13.1 Å². The van der Waals surface area contributed by atoms with Crippen molar-refractivity contribution in [3.8, 4) is 0 Å². The van der Waals surface area contributed by atoms with E-state index in [4.69, 9.17) is 0 Å². The third-order valence-electron chi connectivity index (χ3n) is 4.91. The van der Waals surface area contributed by atoms with E-state index in [1.54, 1.807) is 6.07 Å². The van der Waals surface area contributed by atoms with Crippen LogP contribution in [0.25, 0.3) is 11.0 Å². The highest BCUT2D eigenvalue weighted by Crippen LogP contribution is 2.31. The van der Waals surface area contributed by atoms with E-state index < -0.39 is 0 Å². The third kappa shape index (κ3) is 2.94. The highest BCUT2D eigenvalue weighted by molar-refractivity contribution is 5.75. The normalized spacial score (nSPS) is 18.7. The van der Waals surface area contributed by atoms with Crippen LogP contribution in [0.5, 0.6) is 0 Å². The first-order chi connectivity index (χ1) is 11.7. The van der Waals surface area contributed by atoms with Crippen LogP contribution in [-0.4, -0.2) is 37.5 Å². The average Bonchev–Trinajstić information content (AvgIpc) is 3.27. The van der Waals surface area contributed by atoms with Gasteiger partial charge >= 0.3 is 0 Å². The standard InChI is InChI=1S/C18H22FN5/c1-13-20-7-11-23(13)9-3-10-24-8-2-4-17(24)18-21-15-6-5-14(19)12-16(15)22-18/h5-7,11-12,17H,2-4,8-10H2,1H3,(H,21,22). The van der Waals surface area contributed by atoms with Crippen LogP contribution < -0.4 is 0 Å². The van der Waals surface area contributed by atoms with Gasteiger partial charge in [0.15, 0.2) is 0 Å². The molecule has 0 amide bonds. The minimum Gasteiger partial charge on any atom is -0.341 e. The lowest BCUT2D eigenvalue weighted by Gasteiger charge is -2.22. The summed E-state index contributed by atoms with van der Waals surface area (Å²) >= 11 is 0. The number of fused-ring (bicyclic) bond motifs is 1. The molecule has 5 nitrogen and oxygen atoms in total. The molecule has 3 aromatic rings. The molecule has 1 N–H and O–H groups in total. The van der Waals surface area contributed by atoms with E-state index in [0.29, 0.717) is 6.04 Å². The number of likely N-dealkylation sites (tertiary alicyclic amines) is 1. The number of rotatable bonds is 5. The number of aryl methyl sites for hydroxylation is 2. The molecule has 1 aliphatic rings. The first-order valence-electron chi connectivity index (χ1n) is 8.57. The summed E-state index contributed by atoms with van der Waals surface area (Å²) in [6.45, 7) is 5.15. The van der Waals surface area contributed by atoms with Crippen molar-refractivity contribution in [2.45, 2.75) is 38.8 Å². The SMILES string of the molecule is Cc1nccn1CCCN1CCCC1c1nc2ccc(F)cc2[nH]1. The number of hydrogen-bond acceptors (Lipinski definition) is 3.